The summed E-state index contributed by atoms with van der Waals surface area (Å²) >= 11 is 0. The van der Waals surface area contributed by atoms with Crippen molar-refractivity contribution in [2.45, 2.75) is 27.2 Å². The molecule has 0 aliphatic carbocycles. The van der Waals surface area contributed by atoms with Crippen molar-refractivity contribution in [3.8, 4) is 0 Å². The van der Waals surface area contributed by atoms with E-state index < -0.39 is 0 Å². The first-order chi connectivity index (χ1) is 8.99. The van der Waals surface area contributed by atoms with Crippen molar-refractivity contribution in [2.24, 2.45) is 5.92 Å². The zero-order valence-corrected chi connectivity index (χ0v) is 11.8. The molecule has 0 saturated carbocycles. The van der Waals surface area contributed by atoms with Gasteiger partial charge in [-0.3, -0.25) is 9.59 Å². The molecular formula is C15H22N2O2. The van der Waals surface area contributed by atoms with Gasteiger partial charge in [-0.05, 0) is 25.0 Å². The Morgan fingerprint density at radius 1 is 1.05 bits per heavy atom. The number of aryl methyl sites for hydroxylation is 1. The monoisotopic (exact) mass is 262 g/mol. The van der Waals surface area contributed by atoms with E-state index in [1.54, 1.807) is 12.1 Å². The van der Waals surface area contributed by atoms with Crippen molar-refractivity contribution < 1.29 is 9.59 Å². The van der Waals surface area contributed by atoms with Crippen molar-refractivity contribution in [1.29, 1.82) is 0 Å². The summed E-state index contributed by atoms with van der Waals surface area (Å²) in [6, 6.07) is 7.39. The first-order valence-corrected chi connectivity index (χ1v) is 6.60. The molecule has 1 aromatic rings. The minimum atomic E-state index is -0.113. The minimum absolute atomic E-state index is 0.0274. The van der Waals surface area contributed by atoms with Crippen LogP contribution >= 0.6 is 0 Å². The van der Waals surface area contributed by atoms with Gasteiger partial charge in [0.2, 0.25) is 5.91 Å². The highest BCUT2D eigenvalue weighted by atomic mass is 16.2. The number of nitrogens with one attached hydrogen (secondary N) is 2. The summed E-state index contributed by atoms with van der Waals surface area (Å²) in [6.45, 7) is 6.88. The van der Waals surface area contributed by atoms with Gasteiger partial charge in [0.05, 0.1) is 0 Å². The SMILES string of the molecule is Cc1ccc(C(=O)NCCNC(=O)CC(C)C)cc1. The molecule has 0 aliphatic heterocycles. The number of amides is 2. The molecule has 0 radical (unpaired) electrons. The second-order valence-corrected chi connectivity index (χ2v) is 5.07. The van der Waals surface area contributed by atoms with Crippen LogP contribution in [0.5, 0.6) is 0 Å². The van der Waals surface area contributed by atoms with E-state index in [1.165, 1.54) is 0 Å². The lowest BCUT2D eigenvalue weighted by Crippen LogP contribution is -2.35. The lowest BCUT2D eigenvalue weighted by atomic mass is 10.1. The summed E-state index contributed by atoms with van der Waals surface area (Å²) in [4.78, 5) is 23.1. The highest BCUT2D eigenvalue weighted by Crippen LogP contribution is 2.02. The van der Waals surface area contributed by atoms with Crippen LogP contribution in [0.3, 0.4) is 0 Å². The quantitative estimate of drug-likeness (QED) is 0.769. The van der Waals surface area contributed by atoms with Crippen molar-refractivity contribution in [3.63, 3.8) is 0 Å². The van der Waals surface area contributed by atoms with Gasteiger partial charge in [0.1, 0.15) is 0 Å². The van der Waals surface area contributed by atoms with E-state index in [1.807, 2.05) is 32.9 Å². The van der Waals surface area contributed by atoms with E-state index in [0.29, 0.717) is 31.0 Å². The first-order valence-electron chi connectivity index (χ1n) is 6.60. The molecule has 4 heteroatoms. The third kappa shape index (κ3) is 6.04. The summed E-state index contributed by atoms with van der Waals surface area (Å²) in [7, 11) is 0. The number of carbonyl (C=O) groups is 2. The predicted octanol–water partition coefficient (Wildman–Crippen LogP) is 1.89. The third-order valence-corrected chi connectivity index (χ3v) is 2.64. The third-order valence-electron chi connectivity index (χ3n) is 2.64. The van der Waals surface area contributed by atoms with Crippen LogP contribution in [0.1, 0.15) is 36.2 Å². The minimum Gasteiger partial charge on any atom is -0.354 e. The average Bonchev–Trinajstić information content (AvgIpc) is 2.34. The summed E-state index contributed by atoms with van der Waals surface area (Å²) < 4.78 is 0. The Morgan fingerprint density at radius 3 is 2.21 bits per heavy atom. The fourth-order valence-electron chi connectivity index (χ4n) is 1.63. The van der Waals surface area contributed by atoms with E-state index in [0.717, 1.165) is 5.56 Å². The molecule has 4 nitrogen and oxygen atoms in total. The van der Waals surface area contributed by atoms with Crippen molar-refractivity contribution in [3.05, 3.63) is 35.4 Å². The van der Waals surface area contributed by atoms with Crippen LogP contribution in [0.4, 0.5) is 0 Å². The topological polar surface area (TPSA) is 58.2 Å². The molecule has 104 valence electrons. The molecule has 0 atom stereocenters. The predicted molar refractivity (Wildman–Crippen MR) is 76.0 cm³/mol. The highest BCUT2D eigenvalue weighted by Gasteiger charge is 2.05. The van der Waals surface area contributed by atoms with Gasteiger partial charge in [-0.15, -0.1) is 0 Å². The van der Waals surface area contributed by atoms with E-state index in [9.17, 15) is 9.59 Å². The van der Waals surface area contributed by atoms with Crippen LogP contribution < -0.4 is 10.6 Å². The average molecular weight is 262 g/mol. The number of benzene rings is 1. The lowest BCUT2D eigenvalue weighted by Gasteiger charge is -2.08. The number of hydrogen-bond acceptors (Lipinski definition) is 2. The van der Waals surface area contributed by atoms with Gasteiger partial charge in [-0.1, -0.05) is 31.5 Å². The summed E-state index contributed by atoms with van der Waals surface area (Å²) in [5, 5.41) is 5.55. The van der Waals surface area contributed by atoms with Crippen LogP contribution in [0.15, 0.2) is 24.3 Å². The van der Waals surface area contributed by atoms with Crippen LogP contribution in [0.2, 0.25) is 0 Å². The molecule has 19 heavy (non-hydrogen) atoms. The first kappa shape index (κ1) is 15.2. The molecule has 0 aliphatic rings. The smallest absolute Gasteiger partial charge is 0.251 e. The van der Waals surface area contributed by atoms with E-state index in [4.69, 9.17) is 0 Å². The molecule has 2 amide bonds. The van der Waals surface area contributed by atoms with Crippen LogP contribution in [0.25, 0.3) is 0 Å². The standard InChI is InChI=1S/C15H22N2O2/c1-11(2)10-14(18)16-8-9-17-15(19)13-6-4-12(3)5-7-13/h4-7,11H,8-10H2,1-3H3,(H,16,18)(H,17,19). The summed E-state index contributed by atoms with van der Waals surface area (Å²) in [5.41, 5.74) is 1.76. The molecule has 0 fully saturated rings. The van der Waals surface area contributed by atoms with Gasteiger partial charge in [0.15, 0.2) is 0 Å². The molecule has 0 aromatic heterocycles. The normalized spacial score (nSPS) is 10.3. The Morgan fingerprint density at radius 2 is 1.63 bits per heavy atom. The van der Waals surface area contributed by atoms with Crippen molar-refractivity contribution >= 4 is 11.8 Å². The van der Waals surface area contributed by atoms with Crippen molar-refractivity contribution in [1.82, 2.24) is 10.6 Å². The number of rotatable bonds is 6. The molecule has 0 bridgehead atoms. The molecule has 1 aromatic carbocycles. The molecular weight excluding hydrogens is 240 g/mol. The second kappa shape index (κ2) is 7.56. The van der Waals surface area contributed by atoms with Crippen molar-refractivity contribution in [2.75, 3.05) is 13.1 Å². The number of hydrogen-bond donors (Lipinski definition) is 2. The van der Waals surface area contributed by atoms with Gasteiger partial charge >= 0.3 is 0 Å². The van der Waals surface area contributed by atoms with E-state index in [2.05, 4.69) is 10.6 Å². The van der Waals surface area contributed by atoms with Gasteiger partial charge in [-0.2, -0.15) is 0 Å². The van der Waals surface area contributed by atoms with E-state index >= 15 is 0 Å². The number of carbonyl (C=O) groups excluding carboxylic acids is 2. The van der Waals surface area contributed by atoms with Gasteiger partial charge < -0.3 is 10.6 Å². The summed E-state index contributed by atoms with van der Waals surface area (Å²) in [5.74, 6) is 0.264. The van der Waals surface area contributed by atoms with E-state index in [-0.39, 0.29) is 11.8 Å². The Hall–Kier alpha value is -1.84. The zero-order valence-electron chi connectivity index (χ0n) is 11.8. The maximum Gasteiger partial charge on any atom is 0.251 e. The second-order valence-electron chi connectivity index (χ2n) is 5.07. The maximum atomic E-state index is 11.8. The Labute approximate surface area is 114 Å². The van der Waals surface area contributed by atoms with Gasteiger partial charge in [-0.25, -0.2) is 0 Å². The Balaban J connectivity index is 2.24. The molecule has 0 spiro atoms. The maximum absolute atomic E-state index is 11.8. The Bertz CT molecular complexity index is 424. The Kier molecular flexibility index (Phi) is 6.06. The molecule has 0 unspecified atom stereocenters. The van der Waals surface area contributed by atoms with Crippen LogP contribution in [-0.4, -0.2) is 24.9 Å². The van der Waals surface area contributed by atoms with Gasteiger partial charge in [0, 0.05) is 25.1 Å². The summed E-state index contributed by atoms with van der Waals surface area (Å²) in [6.07, 6.45) is 0.520. The molecule has 1 rings (SSSR count). The van der Waals surface area contributed by atoms with Crippen LogP contribution in [0, 0.1) is 12.8 Å². The fraction of sp³-hybridized carbons (Fsp3) is 0.467. The van der Waals surface area contributed by atoms with Gasteiger partial charge in [0.25, 0.3) is 5.91 Å². The molecule has 0 heterocycles. The van der Waals surface area contributed by atoms with Crippen LogP contribution in [-0.2, 0) is 4.79 Å². The largest absolute Gasteiger partial charge is 0.354 e. The lowest BCUT2D eigenvalue weighted by molar-refractivity contribution is -0.121. The highest BCUT2D eigenvalue weighted by molar-refractivity contribution is 5.94. The molecule has 0 saturated heterocycles. The molecule has 2 N–H and O–H groups in total. The fourth-order valence-corrected chi connectivity index (χ4v) is 1.63. The zero-order chi connectivity index (χ0) is 14.3.